The Hall–Kier alpha value is -2.40. The second-order valence-electron chi connectivity index (χ2n) is 13.3. The van der Waals surface area contributed by atoms with Crippen molar-refractivity contribution < 1.29 is 33.2 Å². The summed E-state index contributed by atoms with van der Waals surface area (Å²) in [5.41, 5.74) is 3.23. The zero-order valence-electron chi connectivity index (χ0n) is 26.7. The predicted octanol–water partition coefficient (Wildman–Crippen LogP) is 6.97. The van der Waals surface area contributed by atoms with Crippen LogP contribution in [0.4, 0.5) is 0 Å². The standard InChI is InChI=1S/C36H48O7Si/c1-36(2)42-33-32(40-25-29-19-13-8-14-20-29)31(41-35(34(33)43-36)38-21-22-44(3,4)5)30(39-24-28-17-11-7-12-18-28)26-37-23-27-15-9-6-10-16-27/h6-20,30-35H,21-26H2,1-5H3/t30-,31+,32+,33-,34-,35-/m0/s1. The molecule has 0 unspecified atom stereocenters. The van der Waals surface area contributed by atoms with Crippen LogP contribution in [0.3, 0.4) is 0 Å². The van der Waals surface area contributed by atoms with Gasteiger partial charge in [-0.2, -0.15) is 0 Å². The first-order valence-electron chi connectivity index (χ1n) is 15.7. The first-order valence-corrected chi connectivity index (χ1v) is 19.4. The number of benzene rings is 3. The molecule has 6 atom stereocenters. The third-order valence-corrected chi connectivity index (χ3v) is 9.56. The zero-order valence-corrected chi connectivity index (χ0v) is 27.7. The molecule has 0 radical (unpaired) electrons. The molecular formula is C36H48O7Si. The minimum absolute atomic E-state index is 0.306. The first kappa shape index (κ1) is 33.0. The van der Waals surface area contributed by atoms with Crippen LogP contribution in [-0.4, -0.2) is 63.9 Å². The van der Waals surface area contributed by atoms with Gasteiger partial charge in [-0.15, -0.1) is 0 Å². The maximum atomic E-state index is 6.82. The number of hydrogen-bond acceptors (Lipinski definition) is 7. The summed E-state index contributed by atoms with van der Waals surface area (Å²) in [5, 5.41) is 0. The molecule has 0 aliphatic carbocycles. The van der Waals surface area contributed by atoms with E-state index in [1.54, 1.807) is 0 Å². The van der Waals surface area contributed by atoms with Crippen LogP contribution in [0.15, 0.2) is 91.0 Å². The van der Waals surface area contributed by atoms with Gasteiger partial charge in [-0.3, -0.25) is 0 Å². The van der Waals surface area contributed by atoms with Gasteiger partial charge in [0.05, 0.1) is 26.4 Å². The van der Waals surface area contributed by atoms with Crippen LogP contribution in [0, 0.1) is 0 Å². The van der Waals surface area contributed by atoms with E-state index in [-0.39, 0.29) is 0 Å². The molecule has 2 fully saturated rings. The van der Waals surface area contributed by atoms with Crippen LogP contribution >= 0.6 is 0 Å². The molecule has 3 aromatic carbocycles. The van der Waals surface area contributed by atoms with Gasteiger partial charge >= 0.3 is 0 Å². The average molecular weight is 621 g/mol. The van der Waals surface area contributed by atoms with Gasteiger partial charge in [0.15, 0.2) is 12.1 Å². The van der Waals surface area contributed by atoms with E-state index in [0.717, 1.165) is 22.7 Å². The molecular weight excluding hydrogens is 572 g/mol. The second-order valence-corrected chi connectivity index (χ2v) is 18.9. The second kappa shape index (κ2) is 15.3. The smallest absolute Gasteiger partial charge is 0.187 e. The fraction of sp³-hybridized carbons (Fsp3) is 0.500. The van der Waals surface area contributed by atoms with E-state index < -0.39 is 50.7 Å². The van der Waals surface area contributed by atoms with E-state index >= 15 is 0 Å². The van der Waals surface area contributed by atoms with Crippen molar-refractivity contribution in [3.05, 3.63) is 108 Å². The molecule has 7 nitrogen and oxygen atoms in total. The van der Waals surface area contributed by atoms with Gasteiger partial charge in [0.2, 0.25) is 0 Å². The summed E-state index contributed by atoms with van der Waals surface area (Å²) < 4.78 is 45.8. The van der Waals surface area contributed by atoms with Crippen LogP contribution in [-0.2, 0) is 53.0 Å². The van der Waals surface area contributed by atoms with Crippen LogP contribution < -0.4 is 0 Å². The molecule has 44 heavy (non-hydrogen) atoms. The van der Waals surface area contributed by atoms with Gasteiger partial charge in [-0.1, -0.05) is 111 Å². The minimum atomic E-state index is -1.33. The number of fused-ring (bicyclic) bond motifs is 1. The molecule has 0 amide bonds. The Bertz CT molecular complexity index is 1250. The largest absolute Gasteiger partial charge is 0.374 e. The molecule has 3 aromatic rings. The van der Waals surface area contributed by atoms with Crippen molar-refractivity contribution in [2.24, 2.45) is 0 Å². The topological polar surface area (TPSA) is 64.6 Å². The van der Waals surface area contributed by atoms with Crippen LogP contribution in [0.1, 0.15) is 30.5 Å². The van der Waals surface area contributed by atoms with Gasteiger partial charge in [0, 0.05) is 14.7 Å². The highest BCUT2D eigenvalue weighted by Gasteiger charge is 2.58. The van der Waals surface area contributed by atoms with Crippen molar-refractivity contribution in [1.29, 1.82) is 0 Å². The number of rotatable bonds is 15. The summed E-state index contributed by atoms with van der Waals surface area (Å²) in [5.74, 6) is -0.813. The van der Waals surface area contributed by atoms with Crippen molar-refractivity contribution in [3.8, 4) is 0 Å². The molecule has 0 bridgehead atoms. The molecule has 2 aliphatic heterocycles. The van der Waals surface area contributed by atoms with Crippen LogP contribution in [0.5, 0.6) is 0 Å². The van der Waals surface area contributed by atoms with E-state index in [4.69, 9.17) is 33.2 Å². The SMILES string of the molecule is CC1(C)O[C@H]2[C@H](OCc3ccccc3)[C@@H]([C@H](COCc3ccccc3)OCc3ccccc3)O[C@H](OCC[Si](C)(C)C)[C@H]2O1. The van der Waals surface area contributed by atoms with Crippen molar-refractivity contribution in [2.75, 3.05) is 13.2 Å². The maximum Gasteiger partial charge on any atom is 0.187 e. The summed E-state index contributed by atoms with van der Waals surface area (Å²) in [6.07, 6.45) is -2.97. The van der Waals surface area contributed by atoms with Crippen molar-refractivity contribution in [2.45, 2.75) is 102 Å². The molecule has 2 aliphatic rings. The lowest BCUT2D eigenvalue weighted by Crippen LogP contribution is -2.62. The molecule has 2 saturated heterocycles. The van der Waals surface area contributed by atoms with Gasteiger partial charge in [-0.25, -0.2) is 0 Å². The Kier molecular flexibility index (Phi) is 11.4. The normalized spacial score (nSPS) is 25.4. The first-order chi connectivity index (χ1) is 21.2. The minimum Gasteiger partial charge on any atom is -0.374 e. The monoisotopic (exact) mass is 620 g/mol. The Morgan fingerprint density at radius 1 is 0.705 bits per heavy atom. The molecule has 0 saturated carbocycles. The molecule has 0 aromatic heterocycles. The van der Waals surface area contributed by atoms with E-state index in [2.05, 4.69) is 56.0 Å². The highest BCUT2D eigenvalue weighted by molar-refractivity contribution is 6.76. The highest BCUT2D eigenvalue weighted by atomic mass is 28.3. The van der Waals surface area contributed by atoms with Gasteiger partial charge < -0.3 is 33.2 Å². The lowest BCUT2D eigenvalue weighted by Gasteiger charge is -2.44. The molecule has 5 rings (SSSR count). The zero-order chi connectivity index (χ0) is 31.0. The molecule has 2 heterocycles. The van der Waals surface area contributed by atoms with E-state index in [0.29, 0.717) is 33.0 Å². The van der Waals surface area contributed by atoms with Crippen molar-refractivity contribution in [1.82, 2.24) is 0 Å². The van der Waals surface area contributed by atoms with Gasteiger partial charge in [-0.05, 0) is 36.6 Å². The fourth-order valence-corrected chi connectivity index (χ4v) is 6.26. The Balaban J connectivity index is 1.41. The number of hydrogen-bond donors (Lipinski definition) is 0. The Labute approximate surface area is 263 Å². The summed E-state index contributed by atoms with van der Waals surface area (Å²) in [6, 6.07) is 31.5. The van der Waals surface area contributed by atoms with Crippen LogP contribution in [0.25, 0.3) is 0 Å². The third kappa shape index (κ3) is 9.55. The maximum absolute atomic E-state index is 6.82. The molecule has 0 spiro atoms. The Morgan fingerprint density at radius 2 is 1.25 bits per heavy atom. The molecule has 8 heteroatoms. The quantitative estimate of drug-likeness (QED) is 0.170. The van der Waals surface area contributed by atoms with Crippen molar-refractivity contribution in [3.63, 3.8) is 0 Å². The predicted molar refractivity (Wildman–Crippen MR) is 173 cm³/mol. The lowest BCUT2D eigenvalue weighted by atomic mass is 9.95. The fourth-order valence-electron chi connectivity index (χ4n) is 5.53. The summed E-state index contributed by atoms with van der Waals surface area (Å²) in [6.45, 7) is 13.0. The number of ether oxygens (including phenoxy) is 7. The van der Waals surface area contributed by atoms with E-state index in [1.165, 1.54) is 0 Å². The third-order valence-electron chi connectivity index (χ3n) is 7.86. The summed E-state index contributed by atoms with van der Waals surface area (Å²) in [7, 11) is -1.33. The molecule has 238 valence electrons. The Morgan fingerprint density at radius 3 is 1.84 bits per heavy atom. The van der Waals surface area contributed by atoms with Gasteiger partial charge in [0.25, 0.3) is 0 Å². The molecule has 0 N–H and O–H groups in total. The highest BCUT2D eigenvalue weighted by Crippen LogP contribution is 2.41. The lowest BCUT2D eigenvalue weighted by molar-refractivity contribution is -0.304. The van der Waals surface area contributed by atoms with Crippen LogP contribution in [0.2, 0.25) is 25.7 Å². The summed E-state index contributed by atoms with van der Waals surface area (Å²) >= 11 is 0. The van der Waals surface area contributed by atoms with E-state index in [9.17, 15) is 0 Å². The van der Waals surface area contributed by atoms with Gasteiger partial charge in [0.1, 0.15) is 30.5 Å². The summed E-state index contributed by atoms with van der Waals surface area (Å²) in [4.78, 5) is 0. The average Bonchev–Trinajstić information content (AvgIpc) is 3.34. The van der Waals surface area contributed by atoms with E-state index in [1.807, 2.05) is 68.4 Å². The van der Waals surface area contributed by atoms with Crippen molar-refractivity contribution >= 4 is 8.07 Å².